The number of hydrogen-bond donors (Lipinski definition) is 1. The van der Waals surface area contributed by atoms with E-state index in [4.69, 9.17) is 11.6 Å². The van der Waals surface area contributed by atoms with Crippen LogP contribution < -0.4 is 5.32 Å². The summed E-state index contributed by atoms with van der Waals surface area (Å²) in [6, 6.07) is 7.83. The first kappa shape index (κ1) is 18.9. The standard InChI is InChI=1S/C17H12ClF4NO2/c18-14-6-5-12(9-13(14)17(20,21)22)23-16(25)8-7-15(24)10-1-3-11(19)4-2-10/h1-6,9H,7-8H2,(H,23,25). The molecule has 2 rings (SSSR count). The molecule has 0 saturated heterocycles. The Bertz CT molecular complexity index is 788. The second-order valence-corrected chi connectivity index (χ2v) is 5.58. The maximum absolute atomic E-state index is 12.8. The molecule has 25 heavy (non-hydrogen) atoms. The van der Waals surface area contributed by atoms with Crippen molar-refractivity contribution < 1.29 is 27.2 Å². The first-order valence-corrected chi connectivity index (χ1v) is 7.50. The number of Topliss-reactive ketones (excluding diaryl/α,β-unsaturated/α-hetero) is 1. The first-order chi connectivity index (χ1) is 11.7. The van der Waals surface area contributed by atoms with E-state index in [1.807, 2.05) is 0 Å². The molecule has 8 heteroatoms. The largest absolute Gasteiger partial charge is 0.417 e. The van der Waals surface area contributed by atoms with Gasteiger partial charge in [0, 0.05) is 24.1 Å². The SMILES string of the molecule is O=C(CCC(=O)c1ccc(F)cc1)Nc1ccc(Cl)c(C(F)(F)F)c1. The summed E-state index contributed by atoms with van der Waals surface area (Å²) in [5.41, 5.74) is -0.884. The molecule has 2 aromatic carbocycles. The van der Waals surface area contributed by atoms with Gasteiger partial charge in [0.1, 0.15) is 5.82 Å². The predicted octanol–water partition coefficient (Wildman–Crippen LogP) is 5.10. The predicted molar refractivity (Wildman–Crippen MR) is 85.0 cm³/mol. The molecule has 0 aliphatic carbocycles. The van der Waals surface area contributed by atoms with E-state index in [0.717, 1.165) is 24.3 Å². The molecule has 132 valence electrons. The third-order valence-corrected chi connectivity index (χ3v) is 3.63. The van der Waals surface area contributed by atoms with E-state index in [9.17, 15) is 27.2 Å². The number of alkyl halides is 3. The van der Waals surface area contributed by atoms with Gasteiger partial charge < -0.3 is 5.32 Å². The quantitative estimate of drug-likeness (QED) is 0.585. The van der Waals surface area contributed by atoms with Gasteiger partial charge in [0.05, 0.1) is 10.6 Å². The molecule has 0 bridgehead atoms. The van der Waals surface area contributed by atoms with E-state index in [2.05, 4.69) is 5.32 Å². The molecule has 0 aliphatic rings. The van der Waals surface area contributed by atoms with Crippen molar-refractivity contribution in [3.63, 3.8) is 0 Å². The van der Waals surface area contributed by atoms with Gasteiger partial charge in [-0.3, -0.25) is 9.59 Å². The van der Waals surface area contributed by atoms with Gasteiger partial charge in [-0.05, 0) is 42.5 Å². The summed E-state index contributed by atoms with van der Waals surface area (Å²) in [4.78, 5) is 23.7. The third kappa shape index (κ3) is 5.29. The number of carbonyl (C=O) groups is 2. The minimum Gasteiger partial charge on any atom is -0.326 e. The molecular weight excluding hydrogens is 362 g/mol. The van der Waals surface area contributed by atoms with Crippen molar-refractivity contribution in [1.29, 1.82) is 0 Å². The molecule has 0 spiro atoms. The summed E-state index contributed by atoms with van der Waals surface area (Å²) in [5, 5.41) is 1.81. The summed E-state index contributed by atoms with van der Waals surface area (Å²) in [6.07, 6.45) is -5.02. The second kappa shape index (κ2) is 7.65. The molecule has 3 nitrogen and oxygen atoms in total. The van der Waals surface area contributed by atoms with E-state index >= 15 is 0 Å². The Morgan fingerprint density at radius 3 is 2.24 bits per heavy atom. The number of amides is 1. The molecule has 1 amide bonds. The van der Waals surface area contributed by atoms with Crippen molar-refractivity contribution >= 4 is 29.0 Å². The number of halogens is 5. The van der Waals surface area contributed by atoms with E-state index in [-0.39, 0.29) is 29.9 Å². The Morgan fingerprint density at radius 1 is 1.00 bits per heavy atom. The van der Waals surface area contributed by atoms with Gasteiger partial charge in [-0.1, -0.05) is 11.6 Å². The minimum atomic E-state index is -4.64. The van der Waals surface area contributed by atoms with E-state index in [0.29, 0.717) is 0 Å². The molecule has 0 saturated carbocycles. The average Bonchev–Trinajstić information content (AvgIpc) is 2.54. The smallest absolute Gasteiger partial charge is 0.326 e. The number of anilines is 1. The zero-order valence-electron chi connectivity index (χ0n) is 12.7. The Kier molecular flexibility index (Phi) is 5.79. The van der Waals surface area contributed by atoms with Crippen molar-refractivity contribution in [3.8, 4) is 0 Å². The molecule has 2 aromatic rings. The zero-order chi connectivity index (χ0) is 18.6. The van der Waals surface area contributed by atoms with Crippen LogP contribution in [0.25, 0.3) is 0 Å². The van der Waals surface area contributed by atoms with Crippen LogP contribution in [-0.4, -0.2) is 11.7 Å². The van der Waals surface area contributed by atoms with Gasteiger partial charge in [-0.25, -0.2) is 4.39 Å². The highest BCUT2D eigenvalue weighted by molar-refractivity contribution is 6.31. The lowest BCUT2D eigenvalue weighted by atomic mass is 10.1. The first-order valence-electron chi connectivity index (χ1n) is 7.12. The monoisotopic (exact) mass is 373 g/mol. The van der Waals surface area contributed by atoms with Gasteiger partial charge in [0.2, 0.25) is 5.91 Å². The maximum Gasteiger partial charge on any atom is 0.417 e. The Balaban J connectivity index is 1.96. The number of hydrogen-bond acceptors (Lipinski definition) is 2. The molecule has 1 N–H and O–H groups in total. The average molecular weight is 374 g/mol. The Morgan fingerprint density at radius 2 is 1.64 bits per heavy atom. The van der Waals surface area contributed by atoms with Crippen LogP contribution in [0, 0.1) is 5.82 Å². The van der Waals surface area contributed by atoms with Crippen molar-refractivity contribution in [2.24, 2.45) is 0 Å². The molecule has 0 radical (unpaired) electrons. The van der Waals surface area contributed by atoms with Crippen LogP contribution in [0.4, 0.5) is 23.2 Å². The van der Waals surface area contributed by atoms with E-state index < -0.39 is 28.5 Å². The summed E-state index contributed by atoms with van der Waals surface area (Å²) >= 11 is 5.50. The molecule has 0 aliphatic heterocycles. The minimum absolute atomic E-state index is 0.0732. The summed E-state index contributed by atoms with van der Waals surface area (Å²) in [5.74, 6) is -1.48. The Hall–Kier alpha value is -2.41. The highest BCUT2D eigenvalue weighted by Crippen LogP contribution is 2.36. The Labute approximate surface area is 145 Å². The number of carbonyl (C=O) groups excluding carboxylic acids is 2. The molecular formula is C17H12ClF4NO2. The fourth-order valence-corrected chi connectivity index (χ4v) is 2.28. The van der Waals surface area contributed by atoms with Crippen molar-refractivity contribution in [1.82, 2.24) is 0 Å². The molecule has 0 aromatic heterocycles. The summed E-state index contributed by atoms with van der Waals surface area (Å²) < 4.78 is 51.1. The molecule has 0 atom stereocenters. The lowest BCUT2D eigenvalue weighted by Crippen LogP contribution is -2.14. The van der Waals surface area contributed by atoms with E-state index in [1.54, 1.807) is 0 Å². The van der Waals surface area contributed by atoms with Crippen LogP contribution in [0.15, 0.2) is 42.5 Å². The number of rotatable bonds is 5. The fraction of sp³-hybridized carbons (Fsp3) is 0.176. The van der Waals surface area contributed by atoms with Gasteiger partial charge in [0.25, 0.3) is 0 Å². The highest BCUT2D eigenvalue weighted by Gasteiger charge is 2.33. The van der Waals surface area contributed by atoms with Crippen LogP contribution in [0.2, 0.25) is 5.02 Å². The van der Waals surface area contributed by atoms with Crippen LogP contribution in [0.3, 0.4) is 0 Å². The third-order valence-electron chi connectivity index (χ3n) is 3.30. The lowest BCUT2D eigenvalue weighted by molar-refractivity contribution is -0.137. The van der Waals surface area contributed by atoms with Crippen LogP contribution in [0.5, 0.6) is 0 Å². The number of nitrogens with one attached hydrogen (secondary N) is 1. The van der Waals surface area contributed by atoms with Crippen LogP contribution >= 0.6 is 11.6 Å². The molecule has 0 heterocycles. The van der Waals surface area contributed by atoms with Gasteiger partial charge in [-0.15, -0.1) is 0 Å². The lowest BCUT2D eigenvalue weighted by Gasteiger charge is -2.11. The van der Waals surface area contributed by atoms with Crippen molar-refractivity contribution in [2.45, 2.75) is 19.0 Å². The highest BCUT2D eigenvalue weighted by atomic mass is 35.5. The van der Waals surface area contributed by atoms with E-state index in [1.165, 1.54) is 18.2 Å². The summed E-state index contributed by atoms with van der Waals surface area (Å²) in [6.45, 7) is 0. The fourth-order valence-electron chi connectivity index (χ4n) is 2.05. The van der Waals surface area contributed by atoms with Gasteiger partial charge in [0.15, 0.2) is 5.78 Å². The van der Waals surface area contributed by atoms with Gasteiger partial charge >= 0.3 is 6.18 Å². The number of ketones is 1. The van der Waals surface area contributed by atoms with Crippen molar-refractivity contribution in [3.05, 3.63) is 64.4 Å². The second-order valence-electron chi connectivity index (χ2n) is 5.17. The van der Waals surface area contributed by atoms with Gasteiger partial charge in [-0.2, -0.15) is 13.2 Å². The topological polar surface area (TPSA) is 46.2 Å². The molecule has 0 unspecified atom stereocenters. The van der Waals surface area contributed by atoms with Crippen molar-refractivity contribution in [2.75, 3.05) is 5.32 Å². The normalized spacial score (nSPS) is 11.2. The van der Waals surface area contributed by atoms with Crippen LogP contribution in [0.1, 0.15) is 28.8 Å². The summed E-state index contributed by atoms with van der Waals surface area (Å²) in [7, 11) is 0. The number of benzene rings is 2. The molecule has 0 fully saturated rings. The maximum atomic E-state index is 12.8. The van der Waals surface area contributed by atoms with Crippen LogP contribution in [-0.2, 0) is 11.0 Å². The zero-order valence-corrected chi connectivity index (χ0v) is 13.4.